The van der Waals surface area contributed by atoms with Crippen LogP contribution in [-0.4, -0.2) is 25.0 Å². The van der Waals surface area contributed by atoms with Crippen molar-refractivity contribution in [3.05, 3.63) is 60.0 Å². The molecule has 0 bridgehead atoms. The van der Waals surface area contributed by atoms with Crippen molar-refractivity contribution in [2.24, 2.45) is 17.3 Å². The van der Waals surface area contributed by atoms with E-state index in [2.05, 4.69) is 15.2 Å². The van der Waals surface area contributed by atoms with Gasteiger partial charge in [0.25, 0.3) is 0 Å². The summed E-state index contributed by atoms with van der Waals surface area (Å²) in [5, 5.41) is 18.8. The third-order valence-electron chi connectivity index (χ3n) is 4.20. The lowest BCUT2D eigenvalue weighted by Crippen LogP contribution is -2.01. The molecule has 124 valence electrons. The summed E-state index contributed by atoms with van der Waals surface area (Å²) in [5.41, 5.74) is 2.70. The number of imidazole rings is 1. The van der Waals surface area contributed by atoms with E-state index in [1.54, 1.807) is 29.1 Å². The van der Waals surface area contributed by atoms with Crippen molar-refractivity contribution in [2.45, 2.75) is 6.92 Å². The van der Waals surface area contributed by atoms with Crippen LogP contribution in [0, 0.1) is 6.92 Å². The molecule has 1 aromatic carbocycles. The van der Waals surface area contributed by atoms with Crippen molar-refractivity contribution in [1.82, 2.24) is 14.0 Å². The van der Waals surface area contributed by atoms with Gasteiger partial charge >= 0.3 is 5.91 Å². The fourth-order valence-electron chi connectivity index (χ4n) is 2.97. The maximum absolute atomic E-state index is 12.6. The molecule has 0 unspecified atom stereocenters. The number of aromatic nitrogens is 3. The van der Waals surface area contributed by atoms with Crippen molar-refractivity contribution < 1.29 is 9.90 Å². The third kappa shape index (κ3) is 2.28. The molecule has 7 nitrogen and oxygen atoms in total. The molecule has 0 aliphatic rings. The number of para-hydroxylation sites is 1. The number of pyridine rings is 1. The van der Waals surface area contributed by atoms with Crippen molar-refractivity contribution >= 4 is 28.1 Å². The SMILES string of the molecule is Cc1nc2ccccn2c1C(=O)N=Nc1c(O)n(C)c2ccccc12. The van der Waals surface area contributed by atoms with E-state index in [4.69, 9.17) is 0 Å². The molecule has 0 aliphatic carbocycles. The van der Waals surface area contributed by atoms with Crippen LogP contribution < -0.4 is 0 Å². The Morgan fingerprint density at radius 2 is 1.92 bits per heavy atom. The van der Waals surface area contributed by atoms with Crippen LogP contribution in [-0.2, 0) is 7.05 Å². The first-order valence-electron chi connectivity index (χ1n) is 7.74. The zero-order chi connectivity index (χ0) is 17.6. The van der Waals surface area contributed by atoms with Gasteiger partial charge in [-0.3, -0.25) is 9.20 Å². The van der Waals surface area contributed by atoms with Gasteiger partial charge in [0.05, 0.1) is 11.2 Å². The number of carbonyl (C=O) groups is 1. The summed E-state index contributed by atoms with van der Waals surface area (Å²) in [6.45, 7) is 1.76. The quantitative estimate of drug-likeness (QED) is 0.567. The van der Waals surface area contributed by atoms with E-state index in [-0.39, 0.29) is 11.6 Å². The number of azo groups is 1. The first-order chi connectivity index (χ1) is 12.1. The highest BCUT2D eigenvalue weighted by atomic mass is 16.3. The van der Waals surface area contributed by atoms with Crippen molar-refractivity contribution in [3.63, 3.8) is 0 Å². The zero-order valence-electron chi connectivity index (χ0n) is 13.7. The zero-order valence-corrected chi connectivity index (χ0v) is 13.7. The number of aromatic hydroxyl groups is 1. The lowest BCUT2D eigenvalue weighted by atomic mass is 10.2. The highest BCUT2D eigenvalue weighted by Gasteiger charge is 2.18. The van der Waals surface area contributed by atoms with E-state index in [1.165, 1.54) is 0 Å². The second kappa shape index (κ2) is 5.55. The number of amides is 1. The molecule has 3 heterocycles. The summed E-state index contributed by atoms with van der Waals surface area (Å²) >= 11 is 0. The summed E-state index contributed by atoms with van der Waals surface area (Å²) in [5.74, 6) is -0.545. The van der Waals surface area contributed by atoms with Gasteiger partial charge in [-0.1, -0.05) is 24.3 Å². The van der Waals surface area contributed by atoms with E-state index in [0.29, 0.717) is 17.0 Å². The molecule has 0 saturated heterocycles. The normalized spacial score (nSPS) is 11.8. The number of aryl methyl sites for hydroxylation is 2. The average molecular weight is 333 g/mol. The number of nitrogens with zero attached hydrogens (tertiary/aromatic N) is 5. The molecule has 1 N–H and O–H groups in total. The van der Waals surface area contributed by atoms with E-state index < -0.39 is 5.91 Å². The van der Waals surface area contributed by atoms with Crippen molar-refractivity contribution in [2.75, 3.05) is 0 Å². The molecule has 0 saturated carbocycles. The summed E-state index contributed by atoms with van der Waals surface area (Å²) in [6, 6.07) is 12.9. The molecule has 25 heavy (non-hydrogen) atoms. The van der Waals surface area contributed by atoms with Crippen LogP contribution in [0.1, 0.15) is 16.2 Å². The Morgan fingerprint density at radius 1 is 1.16 bits per heavy atom. The van der Waals surface area contributed by atoms with Crippen molar-refractivity contribution in [1.29, 1.82) is 0 Å². The van der Waals surface area contributed by atoms with Gasteiger partial charge in [-0.15, -0.1) is 10.2 Å². The van der Waals surface area contributed by atoms with E-state index >= 15 is 0 Å². The van der Waals surface area contributed by atoms with Crippen LogP contribution in [0.4, 0.5) is 5.69 Å². The van der Waals surface area contributed by atoms with Gasteiger partial charge in [-0.2, -0.15) is 0 Å². The summed E-state index contributed by atoms with van der Waals surface area (Å²) < 4.78 is 3.28. The Hall–Kier alpha value is -3.48. The van der Waals surface area contributed by atoms with Crippen LogP contribution in [0.5, 0.6) is 5.88 Å². The minimum Gasteiger partial charge on any atom is -0.493 e. The molecular weight excluding hydrogens is 318 g/mol. The Kier molecular flexibility index (Phi) is 3.35. The Bertz CT molecular complexity index is 1150. The maximum atomic E-state index is 12.6. The predicted molar refractivity (Wildman–Crippen MR) is 93.4 cm³/mol. The minimum atomic E-state index is -0.511. The topological polar surface area (TPSA) is 84.2 Å². The van der Waals surface area contributed by atoms with Crippen LogP contribution >= 0.6 is 0 Å². The van der Waals surface area contributed by atoms with Crippen LogP contribution in [0.25, 0.3) is 16.6 Å². The van der Waals surface area contributed by atoms with Crippen LogP contribution in [0.3, 0.4) is 0 Å². The Balaban J connectivity index is 1.79. The third-order valence-corrected chi connectivity index (χ3v) is 4.20. The van der Waals surface area contributed by atoms with Gasteiger partial charge in [-0.05, 0) is 25.1 Å². The van der Waals surface area contributed by atoms with E-state index in [1.807, 2.05) is 42.5 Å². The molecule has 3 aromatic heterocycles. The highest BCUT2D eigenvalue weighted by Crippen LogP contribution is 2.37. The fourth-order valence-corrected chi connectivity index (χ4v) is 2.97. The van der Waals surface area contributed by atoms with Crippen LogP contribution in [0.2, 0.25) is 0 Å². The van der Waals surface area contributed by atoms with E-state index in [0.717, 1.165) is 10.9 Å². The van der Waals surface area contributed by atoms with Gasteiger partial charge in [0.1, 0.15) is 11.3 Å². The predicted octanol–water partition coefficient (Wildman–Crippen LogP) is 3.76. The molecule has 0 radical (unpaired) electrons. The number of hydrogen-bond donors (Lipinski definition) is 1. The number of rotatable bonds is 2. The molecule has 1 amide bonds. The van der Waals surface area contributed by atoms with Gasteiger partial charge in [0.15, 0.2) is 5.69 Å². The summed E-state index contributed by atoms with van der Waals surface area (Å²) in [4.78, 5) is 16.9. The fraction of sp³-hybridized carbons (Fsp3) is 0.111. The Morgan fingerprint density at radius 3 is 2.76 bits per heavy atom. The number of benzene rings is 1. The van der Waals surface area contributed by atoms with Gasteiger partial charge < -0.3 is 9.67 Å². The molecule has 4 aromatic rings. The standard InChI is InChI=1S/C18H15N5O2/c1-11-16(23-10-6-5-9-14(23)19-11)17(24)21-20-15-12-7-3-4-8-13(12)22(2)18(15)25/h3-10,25H,1-2H3. The lowest BCUT2D eigenvalue weighted by Gasteiger charge is -1.97. The lowest BCUT2D eigenvalue weighted by molar-refractivity contribution is 0.0989. The molecule has 0 aliphatic heterocycles. The number of fused-ring (bicyclic) bond motifs is 2. The molecule has 0 atom stereocenters. The number of carbonyl (C=O) groups excluding carboxylic acids is 1. The Labute approximate surface area is 142 Å². The van der Waals surface area contributed by atoms with Crippen molar-refractivity contribution in [3.8, 4) is 5.88 Å². The number of hydrogen-bond acceptors (Lipinski definition) is 4. The summed E-state index contributed by atoms with van der Waals surface area (Å²) in [6.07, 6.45) is 1.76. The van der Waals surface area contributed by atoms with Gasteiger partial charge in [0.2, 0.25) is 5.88 Å². The average Bonchev–Trinajstić information content (AvgIpc) is 3.08. The molecular formula is C18H15N5O2. The second-order valence-electron chi connectivity index (χ2n) is 5.73. The molecule has 0 spiro atoms. The first kappa shape index (κ1) is 15.1. The smallest absolute Gasteiger partial charge is 0.314 e. The minimum absolute atomic E-state index is 0.0346. The molecule has 7 heteroatoms. The highest BCUT2D eigenvalue weighted by molar-refractivity contribution is 5.97. The largest absolute Gasteiger partial charge is 0.493 e. The molecule has 0 fully saturated rings. The summed E-state index contributed by atoms with van der Waals surface area (Å²) in [7, 11) is 1.73. The van der Waals surface area contributed by atoms with Gasteiger partial charge in [0, 0.05) is 18.6 Å². The van der Waals surface area contributed by atoms with E-state index in [9.17, 15) is 9.90 Å². The maximum Gasteiger partial charge on any atom is 0.314 e. The second-order valence-corrected chi connectivity index (χ2v) is 5.73. The monoisotopic (exact) mass is 333 g/mol. The first-order valence-corrected chi connectivity index (χ1v) is 7.74. The van der Waals surface area contributed by atoms with Crippen LogP contribution in [0.15, 0.2) is 58.9 Å². The molecule has 4 rings (SSSR count). The van der Waals surface area contributed by atoms with Gasteiger partial charge in [-0.25, -0.2) is 4.98 Å².